The van der Waals surface area contributed by atoms with Crippen LogP contribution in [0.2, 0.25) is 0 Å². The van der Waals surface area contributed by atoms with E-state index in [-0.39, 0.29) is 41.3 Å². The Morgan fingerprint density at radius 1 is 1.45 bits per heavy atom. The fraction of sp³-hybridized carbons (Fsp3) is 0.667. The molecule has 3 atom stereocenters. The van der Waals surface area contributed by atoms with Crippen LogP contribution in [0.3, 0.4) is 0 Å². The number of quaternary nitrogens is 1. The van der Waals surface area contributed by atoms with Crippen LogP contribution in [0.1, 0.15) is 32.1 Å². The summed E-state index contributed by atoms with van der Waals surface area (Å²) in [6.45, 7) is 0.255. The Morgan fingerprint density at radius 3 is 2.91 bits per heavy atom. The summed E-state index contributed by atoms with van der Waals surface area (Å²) in [5.74, 6) is 0.582. The lowest BCUT2D eigenvalue weighted by Gasteiger charge is -2.32. The van der Waals surface area contributed by atoms with Gasteiger partial charge in [0.25, 0.3) is 0 Å². The van der Waals surface area contributed by atoms with Crippen LogP contribution in [-0.2, 0) is 14.3 Å². The van der Waals surface area contributed by atoms with Crippen molar-refractivity contribution in [3.8, 4) is 0 Å². The lowest BCUT2D eigenvalue weighted by molar-refractivity contribution is -0.830. The zero-order valence-corrected chi connectivity index (χ0v) is 12.7. The summed E-state index contributed by atoms with van der Waals surface area (Å²) in [6, 6.07) is -0.337. The van der Waals surface area contributed by atoms with Crippen LogP contribution >= 0.6 is 0 Å². The van der Waals surface area contributed by atoms with Gasteiger partial charge in [0.05, 0.1) is 13.2 Å². The molecule has 0 bridgehead atoms. The molecule has 0 aromatic carbocycles. The molecule has 1 saturated heterocycles. The van der Waals surface area contributed by atoms with Gasteiger partial charge in [0.15, 0.2) is 0 Å². The van der Waals surface area contributed by atoms with Crippen LogP contribution in [0.25, 0.3) is 0 Å². The normalized spacial score (nSPS) is 34.6. The van der Waals surface area contributed by atoms with Gasteiger partial charge in [0.1, 0.15) is 18.6 Å². The molecular weight excluding hydrogens is 286 g/mol. The number of hydrogen-bond acceptors (Lipinski definition) is 5. The van der Waals surface area contributed by atoms with Gasteiger partial charge in [-0.05, 0) is 25.2 Å². The second-order valence-electron chi connectivity index (χ2n) is 6.40. The highest BCUT2D eigenvalue weighted by molar-refractivity contribution is 5.99. The summed E-state index contributed by atoms with van der Waals surface area (Å²) in [6.07, 6.45) is 7.10. The zero-order valence-electron chi connectivity index (χ0n) is 12.7. The maximum absolute atomic E-state index is 12.1. The third kappa shape index (κ3) is 3.20. The molecule has 0 spiro atoms. The van der Waals surface area contributed by atoms with Gasteiger partial charge >= 0.3 is 12.0 Å². The number of esters is 1. The van der Waals surface area contributed by atoms with Crippen LogP contribution in [0, 0.1) is 5.92 Å². The summed E-state index contributed by atoms with van der Waals surface area (Å²) in [5.41, 5.74) is 5.53. The molecule has 3 unspecified atom stereocenters. The third-order valence-corrected chi connectivity index (χ3v) is 4.46. The molecule has 1 saturated carbocycles. The number of hydrogen-bond donors (Lipinski definition) is 1. The minimum Gasteiger partial charge on any atom is -0.463 e. The molecule has 2 aliphatic heterocycles. The second kappa shape index (κ2) is 5.81. The van der Waals surface area contributed by atoms with Crippen molar-refractivity contribution >= 4 is 17.8 Å². The summed E-state index contributed by atoms with van der Waals surface area (Å²) < 4.78 is 11.1. The second-order valence-corrected chi connectivity index (χ2v) is 6.40. The number of amides is 2. The third-order valence-electron chi connectivity index (χ3n) is 4.46. The first-order chi connectivity index (χ1) is 10.5. The summed E-state index contributed by atoms with van der Waals surface area (Å²) >= 11 is 0. The van der Waals surface area contributed by atoms with Gasteiger partial charge in [0, 0.05) is 18.9 Å². The Kier molecular flexibility index (Phi) is 4.01. The van der Waals surface area contributed by atoms with Crippen molar-refractivity contribution in [3.63, 3.8) is 0 Å². The molecule has 2 amide bonds. The number of carbonyl (C=O) groups excluding carboxylic acids is 2. The van der Waals surface area contributed by atoms with Crippen LogP contribution in [0.4, 0.5) is 4.79 Å². The standard InChI is InChI=1S/C15H21N3O4/c1-18(7-6-12(16)17-15(18)20)13-5-4-11(22-13)9-21-14(19)8-10-2-3-10/h6-7,10-11,13H,2-5,8-9H2,1H3,(H-,16,17,20)/p+1. The van der Waals surface area contributed by atoms with Crippen molar-refractivity contribution in [1.82, 2.24) is 0 Å². The molecule has 0 aromatic heterocycles. The smallest absolute Gasteiger partial charge is 0.451 e. The lowest BCUT2D eigenvalue weighted by Crippen LogP contribution is -2.53. The molecule has 3 aliphatic rings. The SMILES string of the molecule is C[N+]1(C2CCC(COC(=O)CC3CC3)O2)C=CC(N)=NC1=O. The number of nitrogens with two attached hydrogens (primary N) is 1. The first-order valence-electron chi connectivity index (χ1n) is 7.72. The van der Waals surface area contributed by atoms with E-state index in [1.807, 2.05) is 0 Å². The summed E-state index contributed by atoms with van der Waals surface area (Å²) in [5, 5.41) is 0. The van der Waals surface area contributed by atoms with Gasteiger partial charge in [0.2, 0.25) is 6.23 Å². The molecular formula is C15H22N3O4+. The number of aliphatic imine (C=N–C) groups is 1. The number of carbonyl (C=O) groups is 2. The van der Waals surface area contributed by atoms with E-state index in [2.05, 4.69) is 4.99 Å². The predicted octanol–water partition coefficient (Wildman–Crippen LogP) is 1.29. The van der Waals surface area contributed by atoms with Gasteiger partial charge in [-0.2, -0.15) is 4.48 Å². The summed E-state index contributed by atoms with van der Waals surface area (Å²) in [4.78, 5) is 27.5. The van der Waals surface area contributed by atoms with Gasteiger partial charge in [-0.3, -0.25) is 4.79 Å². The maximum atomic E-state index is 12.1. The topological polar surface area (TPSA) is 91.0 Å². The number of ether oxygens (including phenoxy) is 2. The Balaban J connectivity index is 1.50. The molecule has 2 heterocycles. The average molecular weight is 308 g/mol. The van der Waals surface area contributed by atoms with Crippen molar-refractivity contribution < 1.29 is 23.5 Å². The molecule has 22 heavy (non-hydrogen) atoms. The molecule has 0 radical (unpaired) electrons. The Labute approximate surface area is 129 Å². The van der Waals surface area contributed by atoms with E-state index in [1.54, 1.807) is 19.3 Å². The largest absolute Gasteiger partial charge is 0.463 e. The van der Waals surface area contributed by atoms with E-state index in [1.165, 1.54) is 0 Å². The minimum atomic E-state index is -0.337. The van der Waals surface area contributed by atoms with Crippen LogP contribution in [-0.4, -0.2) is 48.3 Å². The van der Waals surface area contributed by atoms with Gasteiger partial charge in [-0.1, -0.05) is 0 Å². The maximum Gasteiger partial charge on any atom is 0.451 e. The number of urea groups is 1. The average Bonchev–Trinajstić information content (AvgIpc) is 3.15. The van der Waals surface area contributed by atoms with E-state index >= 15 is 0 Å². The lowest BCUT2D eigenvalue weighted by atomic mass is 10.2. The van der Waals surface area contributed by atoms with Crippen molar-refractivity contribution in [2.24, 2.45) is 16.6 Å². The quantitative estimate of drug-likeness (QED) is 0.610. The van der Waals surface area contributed by atoms with Crippen LogP contribution in [0.5, 0.6) is 0 Å². The monoisotopic (exact) mass is 308 g/mol. The number of rotatable bonds is 5. The predicted molar refractivity (Wildman–Crippen MR) is 78.5 cm³/mol. The first kappa shape index (κ1) is 15.2. The van der Waals surface area contributed by atoms with E-state index < -0.39 is 0 Å². The first-order valence-corrected chi connectivity index (χ1v) is 7.72. The Bertz CT molecular complexity index is 541. The van der Waals surface area contributed by atoms with Crippen LogP contribution in [0.15, 0.2) is 17.3 Å². The number of amidine groups is 1. The van der Waals surface area contributed by atoms with Crippen molar-refractivity contribution in [2.75, 3.05) is 13.7 Å². The highest BCUT2D eigenvalue weighted by Crippen LogP contribution is 2.33. The van der Waals surface area contributed by atoms with Crippen LogP contribution < -0.4 is 5.73 Å². The van der Waals surface area contributed by atoms with Crippen molar-refractivity contribution in [1.29, 1.82) is 0 Å². The van der Waals surface area contributed by atoms with Gasteiger partial charge < -0.3 is 15.2 Å². The van der Waals surface area contributed by atoms with Gasteiger partial charge in [-0.15, -0.1) is 4.99 Å². The molecule has 120 valence electrons. The van der Waals surface area contributed by atoms with E-state index in [4.69, 9.17) is 15.2 Å². The Hall–Kier alpha value is -1.73. The molecule has 0 aromatic rings. The van der Waals surface area contributed by atoms with E-state index in [0.717, 1.165) is 19.3 Å². The fourth-order valence-electron chi connectivity index (χ4n) is 2.78. The highest BCUT2D eigenvalue weighted by atomic mass is 16.6. The van der Waals surface area contributed by atoms with E-state index in [0.29, 0.717) is 18.8 Å². The summed E-state index contributed by atoms with van der Waals surface area (Å²) in [7, 11) is 1.75. The van der Waals surface area contributed by atoms with E-state index in [9.17, 15) is 9.59 Å². The molecule has 3 rings (SSSR count). The molecule has 7 nitrogen and oxygen atoms in total. The fourth-order valence-corrected chi connectivity index (χ4v) is 2.78. The minimum absolute atomic E-state index is 0.0484. The molecule has 2 N–H and O–H groups in total. The molecule has 2 fully saturated rings. The van der Waals surface area contributed by atoms with Crippen molar-refractivity contribution in [3.05, 3.63) is 12.3 Å². The zero-order chi connectivity index (χ0) is 15.7. The highest BCUT2D eigenvalue weighted by Gasteiger charge is 2.46. The number of nitrogens with zero attached hydrogens (tertiary/aromatic N) is 2. The van der Waals surface area contributed by atoms with Crippen molar-refractivity contribution in [2.45, 2.75) is 44.4 Å². The van der Waals surface area contributed by atoms with Gasteiger partial charge in [-0.25, -0.2) is 4.79 Å². The molecule has 7 heteroatoms. The Morgan fingerprint density at radius 2 is 2.23 bits per heavy atom. The molecule has 1 aliphatic carbocycles.